The molecule has 0 aromatic heterocycles. The van der Waals surface area contributed by atoms with Crippen molar-refractivity contribution in [3.8, 4) is 11.5 Å². The van der Waals surface area contributed by atoms with E-state index < -0.39 is 5.41 Å². The monoisotopic (exact) mass is 339 g/mol. The third kappa shape index (κ3) is 3.48. The van der Waals surface area contributed by atoms with Gasteiger partial charge in [-0.2, -0.15) is 0 Å². The van der Waals surface area contributed by atoms with E-state index in [1.165, 1.54) is 0 Å². The van der Waals surface area contributed by atoms with Crippen LogP contribution >= 0.6 is 0 Å². The van der Waals surface area contributed by atoms with Crippen LogP contribution in [0.4, 0.5) is 0 Å². The molecule has 0 spiro atoms. The van der Waals surface area contributed by atoms with Crippen molar-refractivity contribution in [1.29, 1.82) is 0 Å². The average molecular weight is 339 g/mol. The topological polar surface area (TPSA) is 47.6 Å². The van der Waals surface area contributed by atoms with Crippen LogP contribution < -0.4 is 14.8 Å². The molecule has 0 bridgehead atoms. The van der Waals surface area contributed by atoms with Crippen molar-refractivity contribution in [1.82, 2.24) is 5.32 Å². The zero-order valence-corrected chi connectivity index (χ0v) is 15.3. The highest BCUT2D eigenvalue weighted by molar-refractivity contribution is 5.87. The molecule has 0 saturated heterocycles. The Hall–Kier alpha value is -2.49. The van der Waals surface area contributed by atoms with E-state index in [2.05, 4.69) is 19.2 Å². The molecule has 0 unspecified atom stereocenters. The molecular weight excluding hydrogens is 314 g/mol. The number of rotatable bonds is 5. The maximum Gasteiger partial charge on any atom is 0.231 e. The first-order valence-corrected chi connectivity index (χ1v) is 8.55. The summed E-state index contributed by atoms with van der Waals surface area (Å²) in [5.41, 5.74) is 1.32. The second kappa shape index (κ2) is 6.43. The van der Waals surface area contributed by atoms with Crippen molar-refractivity contribution < 1.29 is 14.3 Å². The van der Waals surface area contributed by atoms with Gasteiger partial charge in [0, 0.05) is 12.0 Å². The van der Waals surface area contributed by atoms with Crippen molar-refractivity contribution in [2.45, 2.75) is 38.5 Å². The lowest BCUT2D eigenvalue weighted by Gasteiger charge is -2.30. The van der Waals surface area contributed by atoms with Crippen molar-refractivity contribution in [2.75, 3.05) is 13.3 Å². The fraction of sp³-hybridized carbons (Fsp3) is 0.381. The summed E-state index contributed by atoms with van der Waals surface area (Å²) in [6, 6.07) is 15.8. The minimum atomic E-state index is -0.577. The number of benzene rings is 2. The molecule has 132 valence electrons. The molecule has 2 aromatic rings. The Kier molecular flexibility index (Phi) is 4.46. The summed E-state index contributed by atoms with van der Waals surface area (Å²) in [6.45, 7) is 8.93. The maximum atomic E-state index is 12.8. The third-order valence-electron chi connectivity index (χ3n) is 4.91. The van der Waals surface area contributed by atoms with Gasteiger partial charge in [0.1, 0.15) is 0 Å². The number of hydrogen-bond acceptors (Lipinski definition) is 3. The Morgan fingerprint density at radius 3 is 2.36 bits per heavy atom. The van der Waals surface area contributed by atoms with Gasteiger partial charge in [-0.25, -0.2) is 0 Å². The van der Waals surface area contributed by atoms with Crippen molar-refractivity contribution in [3.63, 3.8) is 0 Å². The van der Waals surface area contributed by atoms with E-state index in [-0.39, 0.29) is 18.1 Å². The first kappa shape index (κ1) is 17.3. The van der Waals surface area contributed by atoms with E-state index in [0.717, 1.165) is 22.6 Å². The van der Waals surface area contributed by atoms with Crippen LogP contribution in [0.25, 0.3) is 0 Å². The van der Waals surface area contributed by atoms with Crippen LogP contribution in [0.15, 0.2) is 48.5 Å². The molecule has 1 N–H and O–H groups in total. The molecule has 3 rings (SSSR count). The molecule has 0 radical (unpaired) electrons. The van der Waals surface area contributed by atoms with Gasteiger partial charge in [0.2, 0.25) is 12.7 Å². The summed E-state index contributed by atoms with van der Waals surface area (Å²) in [5.74, 6) is 1.56. The second-order valence-corrected chi connectivity index (χ2v) is 7.63. The highest BCUT2D eigenvalue weighted by atomic mass is 16.7. The molecule has 4 nitrogen and oxygen atoms in total. The van der Waals surface area contributed by atoms with Crippen molar-refractivity contribution >= 4 is 5.91 Å². The molecule has 1 aliphatic rings. The van der Waals surface area contributed by atoms with E-state index in [0.29, 0.717) is 6.54 Å². The highest BCUT2D eigenvalue weighted by Crippen LogP contribution is 2.36. The lowest BCUT2D eigenvalue weighted by atomic mass is 9.81. The quantitative estimate of drug-likeness (QED) is 0.902. The minimum Gasteiger partial charge on any atom is -0.454 e. The molecular formula is C21H25NO3. The Bertz CT molecular complexity index is 766. The molecule has 1 heterocycles. The van der Waals surface area contributed by atoms with E-state index >= 15 is 0 Å². The lowest BCUT2D eigenvalue weighted by molar-refractivity contribution is -0.125. The zero-order valence-electron chi connectivity index (χ0n) is 15.3. The van der Waals surface area contributed by atoms with E-state index in [4.69, 9.17) is 9.47 Å². The Labute approximate surface area is 149 Å². The number of hydrogen-bond donors (Lipinski definition) is 1. The number of amides is 1. The number of nitrogens with one attached hydrogen (secondary N) is 1. The number of ether oxygens (including phenoxy) is 2. The normalized spacial score (nSPS) is 13.6. The van der Waals surface area contributed by atoms with E-state index in [1.807, 2.05) is 62.4 Å². The second-order valence-electron chi connectivity index (χ2n) is 7.63. The van der Waals surface area contributed by atoms with E-state index in [9.17, 15) is 4.79 Å². The summed E-state index contributed by atoms with van der Waals surface area (Å²) < 4.78 is 10.8. The summed E-state index contributed by atoms with van der Waals surface area (Å²) in [4.78, 5) is 12.8. The molecule has 25 heavy (non-hydrogen) atoms. The molecule has 0 fully saturated rings. The molecule has 0 aliphatic carbocycles. The molecule has 1 amide bonds. The molecule has 2 aromatic carbocycles. The van der Waals surface area contributed by atoms with Gasteiger partial charge >= 0.3 is 0 Å². The standard InChI is InChI=1S/C21H25NO3/c1-20(2,16-10-11-17-18(12-16)25-14-24-17)13-22-19(23)21(3,4)15-8-6-5-7-9-15/h5-12H,13-14H2,1-4H3,(H,22,23). The van der Waals surface area contributed by atoms with Gasteiger partial charge in [-0.3, -0.25) is 4.79 Å². The highest BCUT2D eigenvalue weighted by Gasteiger charge is 2.31. The zero-order chi connectivity index (χ0) is 18.1. The van der Waals surface area contributed by atoms with Crippen LogP contribution in [0.5, 0.6) is 11.5 Å². The van der Waals surface area contributed by atoms with Gasteiger partial charge in [0.15, 0.2) is 11.5 Å². The molecule has 4 heteroatoms. The van der Waals surface area contributed by atoms with E-state index in [1.54, 1.807) is 0 Å². The lowest BCUT2D eigenvalue weighted by Crippen LogP contribution is -2.45. The van der Waals surface area contributed by atoms with Gasteiger partial charge in [0.05, 0.1) is 5.41 Å². The van der Waals surface area contributed by atoms with Gasteiger partial charge in [-0.05, 0) is 37.1 Å². The van der Waals surface area contributed by atoms with Gasteiger partial charge in [-0.1, -0.05) is 50.2 Å². The van der Waals surface area contributed by atoms with Crippen LogP contribution in [0, 0.1) is 0 Å². The summed E-state index contributed by atoms with van der Waals surface area (Å²) in [7, 11) is 0. The number of carbonyl (C=O) groups is 1. The predicted molar refractivity (Wildman–Crippen MR) is 98.1 cm³/mol. The SMILES string of the molecule is CC(C)(CNC(=O)C(C)(C)c1ccccc1)c1ccc2c(c1)OCO2. The Balaban J connectivity index is 1.70. The maximum absolute atomic E-state index is 12.8. The summed E-state index contributed by atoms with van der Waals surface area (Å²) in [6.07, 6.45) is 0. The molecule has 0 atom stereocenters. The molecule has 0 saturated carbocycles. The van der Waals surface area contributed by atoms with Crippen LogP contribution in [-0.4, -0.2) is 19.2 Å². The van der Waals surface area contributed by atoms with Gasteiger partial charge < -0.3 is 14.8 Å². The Morgan fingerprint density at radius 1 is 0.960 bits per heavy atom. The Morgan fingerprint density at radius 2 is 1.64 bits per heavy atom. The van der Waals surface area contributed by atoms with Crippen LogP contribution in [-0.2, 0) is 15.6 Å². The van der Waals surface area contributed by atoms with Crippen LogP contribution in [0.1, 0.15) is 38.8 Å². The summed E-state index contributed by atoms with van der Waals surface area (Å²) >= 11 is 0. The average Bonchev–Trinajstić information content (AvgIpc) is 3.08. The number of fused-ring (bicyclic) bond motifs is 1. The third-order valence-corrected chi connectivity index (χ3v) is 4.91. The largest absolute Gasteiger partial charge is 0.454 e. The van der Waals surface area contributed by atoms with Crippen molar-refractivity contribution in [2.24, 2.45) is 0 Å². The summed E-state index contributed by atoms with van der Waals surface area (Å²) in [5, 5.41) is 3.12. The first-order valence-electron chi connectivity index (χ1n) is 8.55. The van der Waals surface area contributed by atoms with Crippen LogP contribution in [0.3, 0.4) is 0 Å². The fourth-order valence-corrected chi connectivity index (χ4v) is 2.93. The van der Waals surface area contributed by atoms with Crippen LogP contribution in [0.2, 0.25) is 0 Å². The molecule has 1 aliphatic heterocycles. The first-order chi connectivity index (χ1) is 11.8. The minimum absolute atomic E-state index is 0.0209. The predicted octanol–water partition coefficient (Wildman–Crippen LogP) is 3.79. The van der Waals surface area contributed by atoms with Gasteiger partial charge in [0.25, 0.3) is 0 Å². The smallest absolute Gasteiger partial charge is 0.231 e. The van der Waals surface area contributed by atoms with Crippen molar-refractivity contribution in [3.05, 3.63) is 59.7 Å². The number of carbonyl (C=O) groups excluding carboxylic acids is 1. The van der Waals surface area contributed by atoms with Gasteiger partial charge in [-0.15, -0.1) is 0 Å². The fourth-order valence-electron chi connectivity index (χ4n) is 2.93.